The Morgan fingerprint density at radius 1 is 1.12 bits per heavy atom. The lowest BCUT2D eigenvalue weighted by Crippen LogP contribution is -2.47. The molecule has 2 aromatic rings. The van der Waals surface area contributed by atoms with Crippen LogP contribution in [0.4, 0.5) is 5.69 Å². The molecule has 0 N–H and O–H groups in total. The van der Waals surface area contributed by atoms with Crippen molar-refractivity contribution >= 4 is 11.6 Å². The quantitative estimate of drug-likeness (QED) is 0.827. The van der Waals surface area contributed by atoms with Crippen LogP contribution in [0.2, 0.25) is 0 Å². The lowest BCUT2D eigenvalue weighted by Gasteiger charge is -2.32. The predicted molar refractivity (Wildman–Crippen MR) is 98.8 cm³/mol. The van der Waals surface area contributed by atoms with Gasteiger partial charge in [0.05, 0.1) is 11.9 Å². The fraction of sp³-hybridized carbons (Fsp3) is 0.421. The molecule has 6 heteroatoms. The topological polar surface area (TPSA) is 52.6 Å². The largest absolute Gasteiger partial charge is 0.373 e. The normalized spacial score (nSPS) is 15.2. The SMILES string of the molecule is CN1CCN(C(=O)c2ccc(N(C)CCc3ccncc3)cn2)CC1. The van der Waals surface area contributed by atoms with Gasteiger partial charge in [0.25, 0.3) is 5.91 Å². The van der Waals surface area contributed by atoms with Gasteiger partial charge in [0.2, 0.25) is 0 Å². The lowest BCUT2D eigenvalue weighted by atomic mass is 10.2. The summed E-state index contributed by atoms with van der Waals surface area (Å²) in [5.74, 6) is 0.0269. The third-order valence-electron chi connectivity index (χ3n) is 4.68. The van der Waals surface area contributed by atoms with E-state index in [4.69, 9.17) is 0 Å². The van der Waals surface area contributed by atoms with Crippen molar-refractivity contribution in [2.45, 2.75) is 6.42 Å². The van der Waals surface area contributed by atoms with E-state index in [0.29, 0.717) is 5.69 Å². The van der Waals surface area contributed by atoms with Crippen molar-refractivity contribution in [2.75, 3.05) is 51.7 Å². The Balaban J connectivity index is 1.56. The Labute approximate surface area is 149 Å². The van der Waals surface area contributed by atoms with Crippen molar-refractivity contribution in [1.29, 1.82) is 0 Å². The summed E-state index contributed by atoms with van der Waals surface area (Å²) in [6, 6.07) is 7.87. The molecule has 0 bridgehead atoms. The molecule has 2 aromatic heterocycles. The van der Waals surface area contributed by atoms with Crippen LogP contribution in [0.25, 0.3) is 0 Å². The molecule has 0 saturated carbocycles. The third kappa shape index (κ3) is 4.54. The summed E-state index contributed by atoms with van der Waals surface area (Å²) in [5, 5.41) is 0. The zero-order valence-corrected chi connectivity index (χ0v) is 14.9. The van der Waals surface area contributed by atoms with E-state index in [-0.39, 0.29) is 5.91 Å². The molecule has 3 heterocycles. The molecule has 1 amide bonds. The van der Waals surface area contributed by atoms with Crippen LogP contribution in [0.15, 0.2) is 42.9 Å². The molecular weight excluding hydrogens is 314 g/mol. The number of rotatable bonds is 5. The Bertz CT molecular complexity index is 681. The number of aromatic nitrogens is 2. The van der Waals surface area contributed by atoms with E-state index >= 15 is 0 Å². The molecule has 0 aliphatic carbocycles. The second kappa shape index (κ2) is 8.07. The Kier molecular flexibility index (Phi) is 5.60. The molecule has 0 aromatic carbocycles. The van der Waals surface area contributed by atoms with E-state index in [1.54, 1.807) is 6.20 Å². The molecule has 25 heavy (non-hydrogen) atoms. The smallest absolute Gasteiger partial charge is 0.272 e. The molecule has 6 nitrogen and oxygen atoms in total. The Hall–Kier alpha value is -2.47. The van der Waals surface area contributed by atoms with Crippen molar-refractivity contribution in [1.82, 2.24) is 19.8 Å². The van der Waals surface area contributed by atoms with Crippen molar-refractivity contribution in [3.63, 3.8) is 0 Å². The highest BCUT2D eigenvalue weighted by molar-refractivity contribution is 5.92. The molecule has 1 aliphatic rings. The van der Waals surface area contributed by atoms with Gasteiger partial charge in [0, 0.05) is 52.2 Å². The lowest BCUT2D eigenvalue weighted by molar-refractivity contribution is 0.0658. The van der Waals surface area contributed by atoms with Crippen LogP contribution in [0.1, 0.15) is 16.1 Å². The molecule has 0 atom stereocenters. The molecule has 0 radical (unpaired) electrons. The number of pyridine rings is 2. The van der Waals surface area contributed by atoms with E-state index in [2.05, 4.69) is 26.8 Å². The van der Waals surface area contributed by atoms with Crippen LogP contribution in [0.3, 0.4) is 0 Å². The maximum atomic E-state index is 12.5. The second-order valence-corrected chi connectivity index (χ2v) is 6.52. The minimum atomic E-state index is 0.0269. The number of likely N-dealkylation sites (N-methyl/N-ethyl adjacent to an activating group) is 2. The zero-order valence-electron chi connectivity index (χ0n) is 14.9. The van der Waals surface area contributed by atoms with E-state index in [1.165, 1.54) is 5.56 Å². The summed E-state index contributed by atoms with van der Waals surface area (Å²) < 4.78 is 0. The van der Waals surface area contributed by atoms with E-state index in [9.17, 15) is 4.79 Å². The van der Waals surface area contributed by atoms with Crippen LogP contribution in [-0.2, 0) is 6.42 Å². The summed E-state index contributed by atoms with van der Waals surface area (Å²) in [6.45, 7) is 4.26. The van der Waals surface area contributed by atoms with E-state index in [1.807, 2.05) is 48.6 Å². The van der Waals surface area contributed by atoms with Gasteiger partial charge in [-0.25, -0.2) is 4.98 Å². The molecule has 0 unspecified atom stereocenters. The number of hydrogen-bond acceptors (Lipinski definition) is 5. The summed E-state index contributed by atoms with van der Waals surface area (Å²) in [6.07, 6.45) is 6.36. The summed E-state index contributed by atoms with van der Waals surface area (Å²) in [4.78, 5) is 27.2. The molecule has 1 saturated heterocycles. The Morgan fingerprint density at radius 3 is 2.48 bits per heavy atom. The van der Waals surface area contributed by atoms with Crippen LogP contribution in [0.5, 0.6) is 0 Å². The average Bonchev–Trinajstić information content (AvgIpc) is 2.67. The van der Waals surface area contributed by atoms with Crippen LogP contribution < -0.4 is 4.90 Å². The average molecular weight is 339 g/mol. The van der Waals surface area contributed by atoms with Crippen LogP contribution in [0, 0.1) is 0 Å². The van der Waals surface area contributed by atoms with Crippen LogP contribution in [-0.4, -0.2) is 72.5 Å². The first kappa shape index (κ1) is 17.4. The highest BCUT2D eigenvalue weighted by Gasteiger charge is 2.21. The zero-order chi connectivity index (χ0) is 17.6. The highest BCUT2D eigenvalue weighted by Crippen LogP contribution is 2.14. The number of amides is 1. The van der Waals surface area contributed by atoms with Crippen LogP contribution >= 0.6 is 0 Å². The standard InChI is InChI=1S/C19H25N5O/c1-22-11-13-24(14-12-22)19(25)18-4-3-17(15-21-18)23(2)10-7-16-5-8-20-9-6-16/h3-6,8-9,15H,7,10-14H2,1-2H3. The van der Waals surface area contributed by atoms with Gasteiger partial charge in [-0.05, 0) is 43.3 Å². The summed E-state index contributed by atoms with van der Waals surface area (Å²) in [7, 11) is 4.12. The van der Waals surface area contributed by atoms with Crippen molar-refractivity contribution in [3.8, 4) is 0 Å². The molecular formula is C19H25N5O. The maximum Gasteiger partial charge on any atom is 0.272 e. The Morgan fingerprint density at radius 2 is 1.84 bits per heavy atom. The van der Waals surface area contributed by atoms with Gasteiger partial charge < -0.3 is 14.7 Å². The van der Waals surface area contributed by atoms with E-state index < -0.39 is 0 Å². The molecule has 3 rings (SSSR count). The minimum Gasteiger partial charge on any atom is -0.373 e. The number of nitrogens with zero attached hydrogens (tertiary/aromatic N) is 5. The molecule has 1 fully saturated rings. The first-order valence-electron chi connectivity index (χ1n) is 8.67. The number of carbonyl (C=O) groups excluding carboxylic acids is 1. The first-order valence-corrected chi connectivity index (χ1v) is 8.67. The molecule has 0 spiro atoms. The maximum absolute atomic E-state index is 12.5. The molecule has 132 valence electrons. The van der Waals surface area contributed by atoms with Gasteiger partial charge in [0.15, 0.2) is 0 Å². The number of anilines is 1. The van der Waals surface area contributed by atoms with Crippen molar-refractivity contribution in [3.05, 3.63) is 54.1 Å². The predicted octanol–water partition coefficient (Wildman–Crippen LogP) is 1.54. The van der Waals surface area contributed by atoms with Gasteiger partial charge in [-0.1, -0.05) is 0 Å². The summed E-state index contributed by atoms with van der Waals surface area (Å²) in [5.41, 5.74) is 2.80. The monoisotopic (exact) mass is 339 g/mol. The summed E-state index contributed by atoms with van der Waals surface area (Å²) >= 11 is 0. The number of hydrogen-bond donors (Lipinski definition) is 0. The van der Waals surface area contributed by atoms with Crippen molar-refractivity contribution in [2.24, 2.45) is 0 Å². The minimum absolute atomic E-state index is 0.0269. The van der Waals surface area contributed by atoms with Gasteiger partial charge in [-0.3, -0.25) is 9.78 Å². The van der Waals surface area contributed by atoms with Gasteiger partial charge in [0.1, 0.15) is 5.69 Å². The fourth-order valence-corrected chi connectivity index (χ4v) is 2.89. The first-order chi connectivity index (χ1) is 12.1. The number of carbonyl (C=O) groups is 1. The van der Waals surface area contributed by atoms with Crippen molar-refractivity contribution < 1.29 is 4.79 Å². The van der Waals surface area contributed by atoms with Gasteiger partial charge in [-0.2, -0.15) is 0 Å². The second-order valence-electron chi connectivity index (χ2n) is 6.52. The fourth-order valence-electron chi connectivity index (χ4n) is 2.89. The number of piperazine rings is 1. The highest BCUT2D eigenvalue weighted by atomic mass is 16.2. The molecule has 1 aliphatic heterocycles. The third-order valence-corrected chi connectivity index (χ3v) is 4.68. The van der Waals surface area contributed by atoms with E-state index in [0.717, 1.165) is 44.8 Å². The van der Waals surface area contributed by atoms with Gasteiger partial charge >= 0.3 is 0 Å². The van der Waals surface area contributed by atoms with Gasteiger partial charge in [-0.15, -0.1) is 0 Å².